The molecule has 0 aliphatic carbocycles. The van der Waals surface area contributed by atoms with Crippen LogP contribution in [0.25, 0.3) is 88.2 Å². The van der Waals surface area contributed by atoms with Crippen LogP contribution in [0.4, 0.5) is 39.8 Å². The minimum absolute atomic E-state index is 0.576. The summed E-state index contributed by atoms with van der Waals surface area (Å²) in [5, 5.41) is 6.51. The first-order chi connectivity index (χ1) is 36.1. The second-order valence-corrected chi connectivity index (χ2v) is 18.5. The van der Waals surface area contributed by atoms with Crippen LogP contribution in [0.2, 0.25) is 0 Å². The highest BCUT2D eigenvalue weighted by Gasteiger charge is 2.27. The van der Waals surface area contributed by atoms with Gasteiger partial charge in [0.2, 0.25) is 0 Å². The molecule has 0 amide bonds. The molecule has 0 saturated carbocycles. The molecule has 0 bridgehead atoms. The third-order valence-electron chi connectivity index (χ3n) is 14.4. The highest BCUT2D eigenvalue weighted by Crippen LogP contribution is 2.49. The molecule has 0 unspecified atom stereocenters. The summed E-state index contributed by atoms with van der Waals surface area (Å²) in [7, 11) is 0. The zero-order valence-corrected chi connectivity index (χ0v) is 40.0. The van der Waals surface area contributed by atoms with Gasteiger partial charge in [0.1, 0.15) is 16.9 Å². The Bertz CT molecular complexity index is 4380. The minimum atomic E-state index is 0.576. The van der Waals surface area contributed by atoms with Crippen LogP contribution in [-0.4, -0.2) is 9.13 Å². The third kappa shape index (κ3) is 6.66. The van der Waals surface area contributed by atoms with E-state index in [1.807, 2.05) is 0 Å². The van der Waals surface area contributed by atoms with Crippen LogP contribution in [0.5, 0.6) is 0 Å². The normalized spacial score (nSPS) is 11.7. The van der Waals surface area contributed by atoms with Gasteiger partial charge in [-0.3, -0.25) is 0 Å². The van der Waals surface area contributed by atoms with Crippen LogP contribution in [0.3, 0.4) is 0 Å². The Morgan fingerprint density at radius 2 is 0.808 bits per heavy atom. The number of aryl methyl sites for hydroxylation is 1. The van der Waals surface area contributed by atoms with Gasteiger partial charge in [-0.25, -0.2) is 0 Å². The smallest absolute Gasteiger partial charge is 0.162 e. The fraction of sp³-hybridized carbons (Fsp3) is 0.0303. The van der Waals surface area contributed by atoms with E-state index in [2.05, 4.69) is 269 Å². The molecule has 7 heteroatoms. The maximum Gasteiger partial charge on any atom is 0.162 e. The van der Waals surface area contributed by atoms with Gasteiger partial charge in [0.25, 0.3) is 0 Å². The van der Waals surface area contributed by atoms with E-state index in [4.69, 9.17) is 14.6 Å². The molecule has 0 saturated heterocycles. The molecular formula is C66H47N5O2. The van der Waals surface area contributed by atoms with Gasteiger partial charge in [0.05, 0.1) is 44.7 Å². The summed E-state index contributed by atoms with van der Waals surface area (Å²) in [5.74, 6) is 1.41. The summed E-state index contributed by atoms with van der Waals surface area (Å²) < 4.78 is 18.6. The number of anilines is 7. The van der Waals surface area contributed by atoms with Gasteiger partial charge in [-0.1, -0.05) is 140 Å². The Hall–Kier alpha value is -9.72. The van der Waals surface area contributed by atoms with Crippen molar-refractivity contribution in [2.24, 2.45) is 0 Å². The Morgan fingerprint density at radius 3 is 1.30 bits per heavy atom. The van der Waals surface area contributed by atoms with E-state index in [1.165, 1.54) is 21.5 Å². The zero-order valence-electron chi connectivity index (χ0n) is 40.0. The summed E-state index contributed by atoms with van der Waals surface area (Å²) in [6.07, 6.45) is 0.640. The quantitative estimate of drug-likeness (QED) is 0.148. The maximum atomic E-state index is 7.21. The lowest BCUT2D eigenvalue weighted by Crippen LogP contribution is -2.11. The monoisotopic (exact) mass is 941 g/mol. The van der Waals surface area contributed by atoms with Crippen LogP contribution < -0.4 is 15.5 Å². The number of nitrogens with two attached hydrogens (primary N) is 1. The number of hydrogen-bond donors (Lipinski definition) is 1. The van der Waals surface area contributed by atoms with Crippen molar-refractivity contribution in [2.45, 2.75) is 13.3 Å². The second kappa shape index (κ2) is 17.0. The lowest BCUT2D eigenvalue weighted by Gasteiger charge is -2.27. The van der Waals surface area contributed by atoms with Gasteiger partial charge in [0, 0.05) is 85.0 Å². The van der Waals surface area contributed by atoms with Crippen molar-refractivity contribution < 1.29 is 8.83 Å². The first-order valence-corrected chi connectivity index (χ1v) is 24.9. The molecule has 7 nitrogen and oxygen atoms in total. The Kier molecular flexibility index (Phi) is 9.83. The Labute approximate surface area is 421 Å². The fourth-order valence-corrected chi connectivity index (χ4v) is 11.3. The first-order valence-electron chi connectivity index (χ1n) is 24.9. The molecular weight excluding hydrogens is 895 g/mol. The van der Waals surface area contributed by atoms with E-state index < -0.39 is 0 Å². The van der Waals surface area contributed by atoms with Gasteiger partial charge < -0.3 is 33.5 Å². The number of hydrogen-bond acceptors (Lipinski definition) is 5. The van der Waals surface area contributed by atoms with Gasteiger partial charge in [-0.05, 0) is 97.1 Å². The number of nitrogens with zero attached hydrogens (tertiary/aromatic N) is 4. The lowest BCUT2D eigenvalue weighted by molar-refractivity contribution is 0.554. The molecule has 14 rings (SSSR count). The van der Waals surface area contributed by atoms with Crippen molar-refractivity contribution >= 4 is 105 Å². The predicted molar refractivity (Wildman–Crippen MR) is 303 cm³/mol. The molecule has 10 aromatic carbocycles. The lowest BCUT2D eigenvalue weighted by atomic mass is 10.0. The average molecular weight is 942 g/mol. The number of rotatable bonds is 10. The van der Waals surface area contributed by atoms with Gasteiger partial charge >= 0.3 is 0 Å². The van der Waals surface area contributed by atoms with Crippen LogP contribution in [0.1, 0.15) is 12.7 Å². The summed E-state index contributed by atoms with van der Waals surface area (Å²) in [6, 6.07) is 85.7. The number of para-hydroxylation sites is 8. The standard InChI is InChI=1S/C66H47N5O2/c1-2-59-62(53-39-37-47(41-60(53)72-59)68(43-21-7-3-8-22-43)57-35-19-31-51-49-29-15-17-33-55(49)70(64(51)57)45-25-11-5-12-26-45)66-63(67)54-40-38-48(42-61(54)73-66)69(44-23-9-4-10-24-44)58-36-20-32-52-50-30-16-18-34-56(50)71(65(52)58)46-27-13-6-14-28-46/h3-42H,2,67H2,1H3. The molecule has 14 aromatic rings. The molecule has 348 valence electrons. The zero-order chi connectivity index (χ0) is 48.6. The van der Waals surface area contributed by atoms with Crippen molar-refractivity contribution in [3.05, 3.63) is 248 Å². The number of furan rings is 2. The molecule has 4 heterocycles. The third-order valence-corrected chi connectivity index (χ3v) is 14.4. The Balaban J connectivity index is 0.924. The Morgan fingerprint density at radius 1 is 0.384 bits per heavy atom. The van der Waals surface area contributed by atoms with E-state index in [-0.39, 0.29) is 0 Å². The van der Waals surface area contributed by atoms with E-state index in [0.717, 1.165) is 95.2 Å². The largest absolute Gasteiger partial charge is 0.460 e. The topological polar surface area (TPSA) is 68.6 Å². The first kappa shape index (κ1) is 42.2. The second-order valence-electron chi connectivity index (χ2n) is 18.5. The van der Waals surface area contributed by atoms with E-state index in [9.17, 15) is 0 Å². The average Bonchev–Trinajstić information content (AvgIpc) is 4.19. The van der Waals surface area contributed by atoms with Crippen molar-refractivity contribution in [3.8, 4) is 22.7 Å². The molecule has 0 spiro atoms. The molecule has 4 aromatic heterocycles. The van der Waals surface area contributed by atoms with Gasteiger partial charge in [-0.15, -0.1) is 0 Å². The molecule has 0 atom stereocenters. The van der Waals surface area contributed by atoms with Crippen LogP contribution in [0.15, 0.2) is 251 Å². The minimum Gasteiger partial charge on any atom is -0.460 e. The SMILES string of the molecule is CCc1oc2cc(N(c3ccccc3)c3cccc4c5ccccc5n(-c5ccccc5)c34)ccc2c1-c1oc2cc(N(c3ccccc3)c3cccc4c5ccccc5n(-c5ccccc5)c34)ccc2c1N. The van der Waals surface area contributed by atoms with Crippen LogP contribution in [0, 0.1) is 0 Å². The molecule has 0 aliphatic rings. The molecule has 73 heavy (non-hydrogen) atoms. The molecule has 0 fully saturated rings. The number of aromatic nitrogens is 2. The molecule has 2 N–H and O–H groups in total. The number of benzene rings is 10. The van der Waals surface area contributed by atoms with Gasteiger partial charge in [0.15, 0.2) is 5.76 Å². The van der Waals surface area contributed by atoms with E-state index in [0.29, 0.717) is 23.5 Å². The van der Waals surface area contributed by atoms with E-state index in [1.54, 1.807) is 0 Å². The predicted octanol–water partition coefficient (Wildman–Crippen LogP) is 18.1. The summed E-state index contributed by atoms with van der Waals surface area (Å²) >= 11 is 0. The molecule has 0 aliphatic heterocycles. The van der Waals surface area contributed by atoms with Crippen LogP contribution >= 0.6 is 0 Å². The van der Waals surface area contributed by atoms with Gasteiger partial charge in [-0.2, -0.15) is 0 Å². The highest BCUT2D eigenvalue weighted by atomic mass is 16.4. The van der Waals surface area contributed by atoms with Crippen molar-refractivity contribution in [1.82, 2.24) is 9.13 Å². The van der Waals surface area contributed by atoms with Crippen molar-refractivity contribution in [1.29, 1.82) is 0 Å². The summed E-state index contributed by atoms with van der Waals surface area (Å²) in [6.45, 7) is 2.12. The number of fused-ring (bicyclic) bond motifs is 8. The fourth-order valence-electron chi connectivity index (χ4n) is 11.3. The number of nitrogen functional groups attached to an aromatic ring is 1. The van der Waals surface area contributed by atoms with E-state index >= 15 is 0 Å². The molecule has 0 radical (unpaired) electrons. The maximum absolute atomic E-state index is 7.21. The highest BCUT2D eigenvalue weighted by molar-refractivity contribution is 6.16. The van der Waals surface area contributed by atoms with Crippen LogP contribution in [-0.2, 0) is 6.42 Å². The van der Waals surface area contributed by atoms with Crippen molar-refractivity contribution in [2.75, 3.05) is 15.5 Å². The summed E-state index contributed by atoms with van der Waals surface area (Å²) in [4.78, 5) is 4.66. The summed E-state index contributed by atoms with van der Waals surface area (Å²) in [5.41, 5.74) is 22.8. The van der Waals surface area contributed by atoms with Crippen molar-refractivity contribution in [3.63, 3.8) is 0 Å².